The molecule has 25 heavy (non-hydrogen) atoms. The molecule has 2 rings (SSSR count). The Bertz CT molecular complexity index is 673. The summed E-state index contributed by atoms with van der Waals surface area (Å²) in [4.78, 5) is 11.6. The molecule has 0 spiro atoms. The van der Waals surface area contributed by atoms with Crippen molar-refractivity contribution in [2.75, 3.05) is 6.54 Å². The van der Waals surface area contributed by atoms with Gasteiger partial charge < -0.3 is 20.3 Å². The fourth-order valence-electron chi connectivity index (χ4n) is 2.41. The number of amides is 1. The van der Waals surface area contributed by atoms with Crippen LogP contribution in [-0.4, -0.2) is 29.0 Å². The lowest BCUT2D eigenvalue weighted by Crippen LogP contribution is -2.29. The average molecular weight is 347 g/mol. The predicted octanol–water partition coefficient (Wildman–Crippen LogP) is 2.84. The first-order valence-corrected chi connectivity index (χ1v) is 8.03. The number of alkyl carbamates (subject to hydrolysis) is 1. The normalized spacial score (nSPS) is 13.1. The van der Waals surface area contributed by atoms with E-state index >= 15 is 0 Å². The molecular formula is C19H22FNO4. The van der Waals surface area contributed by atoms with Crippen molar-refractivity contribution in [2.45, 2.75) is 32.2 Å². The maximum absolute atomic E-state index is 13.4. The lowest BCUT2D eigenvalue weighted by atomic mass is 10.0. The Morgan fingerprint density at radius 1 is 1.20 bits per heavy atom. The Balaban J connectivity index is 1.73. The van der Waals surface area contributed by atoms with Crippen LogP contribution in [0.25, 0.3) is 0 Å². The number of ether oxygens (including phenoxy) is 1. The molecule has 0 radical (unpaired) electrons. The van der Waals surface area contributed by atoms with E-state index in [9.17, 15) is 19.4 Å². The summed E-state index contributed by atoms with van der Waals surface area (Å²) >= 11 is 0. The van der Waals surface area contributed by atoms with E-state index in [0.717, 1.165) is 5.56 Å². The molecule has 2 aromatic carbocycles. The highest BCUT2D eigenvalue weighted by Gasteiger charge is 2.19. The second-order valence-corrected chi connectivity index (χ2v) is 5.85. The molecule has 0 saturated heterocycles. The molecule has 5 nitrogen and oxygen atoms in total. The van der Waals surface area contributed by atoms with Gasteiger partial charge >= 0.3 is 6.09 Å². The zero-order valence-corrected chi connectivity index (χ0v) is 14.0. The van der Waals surface area contributed by atoms with Crippen LogP contribution in [0, 0.1) is 12.7 Å². The highest BCUT2D eigenvalue weighted by Crippen LogP contribution is 2.21. The van der Waals surface area contributed by atoms with Crippen LogP contribution in [-0.2, 0) is 11.3 Å². The number of aliphatic hydroxyl groups is 2. The molecule has 134 valence electrons. The minimum atomic E-state index is -1.23. The summed E-state index contributed by atoms with van der Waals surface area (Å²) in [5, 5.41) is 22.6. The molecule has 1 amide bonds. The van der Waals surface area contributed by atoms with E-state index < -0.39 is 24.1 Å². The third-order valence-corrected chi connectivity index (χ3v) is 3.69. The molecule has 0 saturated carbocycles. The second kappa shape index (κ2) is 9.15. The van der Waals surface area contributed by atoms with Gasteiger partial charge in [-0.25, -0.2) is 9.18 Å². The van der Waals surface area contributed by atoms with Crippen molar-refractivity contribution in [3.05, 3.63) is 71.0 Å². The third-order valence-electron chi connectivity index (χ3n) is 3.69. The summed E-state index contributed by atoms with van der Waals surface area (Å²) < 4.78 is 18.4. The van der Waals surface area contributed by atoms with Gasteiger partial charge in [-0.2, -0.15) is 0 Å². The maximum Gasteiger partial charge on any atom is 0.407 e. The van der Waals surface area contributed by atoms with Crippen LogP contribution in [0.2, 0.25) is 0 Å². The lowest BCUT2D eigenvalue weighted by Gasteiger charge is -2.19. The average Bonchev–Trinajstić information content (AvgIpc) is 2.59. The van der Waals surface area contributed by atoms with Crippen molar-refractivity contribution >= 4 is 6.09 Å². The molecule has 0 heterocycles. The van der Waals surface area contributed by atoms with E-state index in [1.54, 1.807) is 13.0 Å². The van der Waals surface area contributed by atoms with E-state index in [1.165, 1.54) is 12.1 Å². The number of aryl methyl sites for hydroxylation is 1. The first-order valence-electron chi connectivity index (χ1n) is 8.03. The van der Waals surface area contributed by atoms with Crippen LogP contribution >= 0.6 is 0 Å². The number of hydrogen-bond acceptors (Lipinski definition) is 4. The Labute approximate surface area is 146 Å². The summed E-state index contributed by atoms with van der Waals surface area (Å²) in [6.07, 6.45) is -2.85. The second-order valence-electron chi connectivity index (χ2n) is 5.85. The summed E-state index contributed by atoms with van der Waals surface area (Å²) in [6.45, 7) is 1.98. The van der Waals surface area contributed by atoms with Crippen LogP contribution in [0.5, 0.6) is 0 Å². The number of benzene rings is 2. The number of carbonyl (C=O) groups excluding carboxylic acids is 1. The standard InChI is InChI=1S/C19H22FNO4/c1-13-9-15(11-16(20)10-13)18(23)17(22)7-8-21-19(24)25-12-14-5-3-2-4-6-14/h2-6,9-11,17-18,22-23H,7-8,12H2,1H3,(H,21,24). The molecule has 0 aliphatic heterocycles. The fraction of sp³-hybridized carbons (Fsp3) is 0.316. The molecule has 0 aromatic heterocycles. The number of carbonyl (C=O) groups is 1. The molecule has 6 heteroatoms. The van der Waals surface area contributed by atoms with Crippen molar-refractivity contribution < 1.29 is 24.1 Å². The molecule has 0 fully saturated rings. The van der Waals surface area contributed by atoms with Crippen LogP contribution in [0.3, 0.4) is 0 Å². The van der Waals surface area contributed by atoms with Crippen molar-refractivity contribution in [3.8, 4) is 0 Å². The van der Waals surface area contributed by atoms with Crippen LogP contribution in [0.15, 0.2) is 48.5 Å². The Morgan fingerprint density at radius 3 is 2.60 bits per heavy atom. The Kier molecular flexibility index (Phi) is 6.91. The Morgan fingerprint density at radius 2 is 1.92 bits per heavy atom. The molecule has 0 bridgehead atoms. The number of nitrogens with one attached hydrogen (secondary N) is 1. The zero-order valence-electron chi connectivity index (χ0n) is 14.0. The molecule has 2 atom stereocenters. The van der Waals surface area contributed by atoms with Gasteiger partial charge in [0.2, 0.25) is 0 Å². The Hall–Kier alpha value is -2.44. The van der Waals surface area contributed by atoms with Crippen molar-refractivity contribution in [3.63, 3.8) is 0 Å². The fourth-order valence-corrected chi connectivity index (χ4v) is 2.41. The summed E-state index contributed by atoms with van der Waals surface area (Å²) in [5.41, 5.74) is 1.83. The largest absolute Gasteiger partial charge is 0.445 e. The van der Waals surface area contributed by atoms with Gasteiger partial charge in [0.25, 0.3) is 0 Å². The summed E-state index contributed by atoms with van der Waals surface area (Å²) in [7, 11) is 0. The van der Waals surface area contributed by atoms with E-state index in [1.807, 2.05) is 30.3 Å². The van der Waals surface area contributed by atoms with Crippen LogP contribution in [0.1, 0.15) is 29.2 Å². The topological polar surface area (TPSA) is 78.8 Å². The van der Waals surface area contributed by atoms with Gasteiger partial charge in [-0.05, 0) is 42.2 Å². The molecule has 3 N–H and O–H groups in total. The smallest absolute Gasteiger partial charge is 0.407 e. The minimum Gasteiger partial charge on any atom is -0.445 e. The lowest BCUT2D eigenvalue weighted by molar-refractivity contribution is 0.0134. The van der Waals surface area contributed by atoms with Crippen molar-refractivity contribution in [1.82, 2.24) is 5.32 Å². The highest BCUT2D eigenvalue weighted by atomic mass is 19.1. The molecule has 0 aliphatic carbocycles. The van der Waals surface area contributed by atoms with Gasteiger partial charge in [-0.15, -0.1) is 0 Å². The summed E-state index contributed by atoms with van der Waals surface area (Å²) in [6, 6.07) is 13.4. The molecule has 0 aliphatic rings. The minimum absolute atomic E-state index is 0.108. The van der Waals surface area contributed by atoms with Gasteiger partial charge in [0.15, 0.2) is 0 Å². The van der Waals surface area contributed by atoms with E-state index in [2.05, 4.69) is 5.32 Å². The molecule has 2 unspecified atom stereocenters. The molecular weight excluding hydrogens is 325 g/mol. The highest BCUT2D eigenvalue weighted by molar-refractivity contribution is 5.67. The first kappa shape index (κ1) is 18.9. The maximum atomic E-state index is 13.4. The number of aliphatic hydroxyl groups excluding tert-OH is 2. The van der Waals surface area contributed by atoms with Crippen LogP contribution in [0.4, 0.5) is 9.18 Å². The van der Waals surface area contributed by atoms with E-state index in [-0.39, 0.29) is 19.6 Å². The van der Waals surface area contributed by atoms with Crippen molar-refractivity contribution in [1.29, 1.82) is 0 Å². The summed E-state index contributed by atoms with van der Waals surface area (Å²) in [5.74, 6) is -0.469. The monoisotopic (exact) mass is 347 g/mol. The third kappa shape index (κ3) is 6.17. The van der Waals surface area contributed by atoms with Gasteiger partial charge in [0, 0.05) is 6.54 Å². The van der Waals surface area contributed by atoms with Crippen molar-refractivity contribution in [2.24, 2.45) is 0 Å². The SMILES string of the molecule is Cc1cc(F)cc(C(O)C(O)CCNC(=O)OCc2ccccc2)c1. The van der Waals surface area contributed by atoms with Gasteiger partial charge in [0.05, 0.1) is 6.10 Å². The zero-order chi connectivity index (χ0) is 18.2. The van der Waals surface area contributed by atoms with Crippen LogP contribution < -0.4 is 5.32 Å². The quantitative estimate of drug-likeness (QED) is 0.720. The van der Waals surface area contributed by atoms with Gasteiger partial charge in [0.1, 0.15) is 18.5 Å². The number of halogens is 1. The van der Waals surface area contributed by atoms with Gasteiger partial charge in [-0.1, -0.05) is 36.4 Å². The van der Waals surface area contributed by atoms with E-state index in [4.69, 9.17) is 4.74 Å². The van der Waals surface area contributed by atoms with Gasteiger partial charge in [-0.3, -0.25) is 0 Å². The molecule has 2 aromatic rings. The number of rotatable bonds is 7. The predicted molar refractivity (Wildman–Crippen MR) is 91.4 cm³/mol. The first-order chi connectivity index (χ1) is 12.0. The van der Waals surface area contributed by atoms with E-state index in [0.29, 0.717) is 11.1 Å². The number of hydrogen-bond donors (Lipinski definition) is 3.